The van der Waals surface area contributed by atoms with Gasteiger partial charge in [0.25, 0.3) is 5.22 Å². The van der Waals surface area contributed by atoms with E-state index in [2.05, 4.69) is 46.1 Å². The Morgan fingerprint density at radius 3 is 2.48 bits per heavy atom. The fourth-order valence-corrected chi connectivity index (χ4v) is 3.30. The SMILES string of the molecule is CCN(CC)c1ccc(-c2nnc(SCCc3ccccn3)o2)cc1. The van der Waals surface area contributed by atoms with Crippen LogP contribution in [0.3, 0.4) is 0 Å². The van der Waals surface area contributed by atoms with Crippen LogP contribution in [0.25, 0.3) is 11.5 Å². The molecule has 0 amide bonds. The van der Waals surface area contributed by atoms with Gasteiger partial charge in [-0.1, -0.05) is 17.8 Å². The Morgan fingerprint density at radius 2 is 1.80 bits per heavy atom. The molecule has 2 heterocycles. The van der Waals surface area contributed by atoms with Crippen molar-refractivity contribution >= 4 is 17.4 Å². The van der Waals surface area contributed by atoms with Gasteiger partial charge in [-0.2, -0.15) is 0 Å². The van der Waals surface area contributed by atoms with Gasteiger partial charge in [0.2, 0.25) is 5.89 Å². The first-order valence-electron chi connectivity index (χ1n) is 8.51. The minimum absolute atomic E-state index is 0.562. The summed E-state index contributed by atoms with van der Waals surface area (Å²) < 4.78 is 5.77. The molecule has 5 nitrogen and oxygen atoms in total. The summed E-state index contributed by atoms with van der Waals surface area (Å²) in [5.41, 5.74) is 3.22. The molecule has 0 aliphatic heterocycles. The molecule has 0 radical (unpaired) electrons. The third-order valence-corrected chi connectivity index (χ3v) is 4.78. The monoisotopic (exact) mass is 354 g/mol. The van der Waals surface area contributed by atoms with Gasteiger partial charge in [0.15, 0.2) is 0 Å². The van der Waals surface area contributed by atoms with E-state index < -0.39 is 0 Å². The van der Waals surface area contributed by atoms with Gasteiger partial charge in [-0.05, 0) is 56.7 Å². The lowest BCUT2D eigenvalue weighted by atomic mass is 10.2. The molecule has 0 aliphatic carbocycles. The number of nitrogens with zero attached hydrogens (tertiary/aromatic N) is 4. The van der Waals surface area contributed by atoms with Gasteiger partial charge in [-0.15, -0.1) is 10.2 Å². The molecule has 2 aromatic heterocycles. The molecule has 6 heteroatoms. The second-order valence-electron chi connectivity index (χ2n) is 5.51. The lowest BCUT2D eigenvalue weighted by Crippen LogP contribution is -2.21. The van der Waals surface area contributed by atoms with Crippen molar-refractivity contribution in [3.63, 3.8) is 0 Å². The summed E-state index contributed by atoms with van der Waals surface area (Å²) in [5, 5.41) is 8.89. The van der Waals surface area contributed by atoms with Gasteiger partial charge in [-0.3, -0.25) is 4.98 Å². The third-order valence-electron chi connectivity index (χ3n) is 3.96. The van der Waals surface area contributed by atoms with Crippen molar-refractivity contribution in [2.24, 2.45) is 0 Å². The number of pyridine rings is 1. The van der Waals surface area contributed by atoms with Crippen molar-refractivity contribution in [2.75, 3.05) is 23.7 Å². The molecule has 0 N–H and O–H groups in total. The van der Waals surface area contributed by atoms with Gasteiger partial charge >= 0.3 is 0 Å². The Bertz CT molecular complexity index is 770. The summed E-state index contributed by atoms with van der Waals surface area (Å²) in [7, 11) is 0. The average molecular weight is 354 g/mol. The Morgan fingerprint density at radius 1 is 1.00 bits per heavy atom. The van der Waals surface area contributed by atoms with Crippen molar-refractivity contribution in [1.82, 2.24) is 15.2 Å². The summed E-state index contributed by atoms with van der Waals surface area (Å²) in [5.74, 6) is 1.42. The summed E-state index contributed by atoms with van der Waals surface area (Å²) >= 11 is 1.56. The number of rotatable bonds is 8. The molecule has 0 aliphatic rings. The van der Waals surface area contributed by atoms with E-state index in [9.17, 15) is 0 Å². The Hall–Kier alpha value is -2.34. The maximum absolute atomic E-state index is 5.77. The molecule has 0 fully saturated rings. The number of hydrogen-bond donors (Lipinski definition) is 0. The van der Waals surface area contributed by atoms with Gasteiger partial charge in [0.1, 0.15) is 0 Å². The molecule has 1 aromatic carbocycles. The minimum Gasteiger partial charge on any atom is -0.411 e. The molecular formula is C19H22N4OS. The Labute approximate surface area is 152 Å². The summed E-state index contributed by atoms with van der Waals surface area (Å²) in [6.45, 7) is 6.30. The molecule has 0 spiro atoms. The van der Waals surface area contributed by atoms with E-state index in [4.69, 9.17) is 4.42 Å². The third kappa shape index (κ3) is 4.60. The van der Waals surface area contributed by atoms with Crippen molar-refractivity contribution in [1.29, 1.82) is 0 Å². The van der Waals surface area contributed by atoms with Gasteiger partial charge < -0.3 is 9.32 Å². The van der Waals surface area contributed by atoms with E-state index in [1.54, 1.807) is 11.8 Å². The number of aryl methyl sites for hydroxylation is 1. The summed E-state index contributed by atoms with van der Waals surface area (Å²) in [4.78, 5) is 6.62. The van der Waals surface area contributed by atoms with E-state index in [1.165, 1.54) is 5.69 Å². The van der Waals surface area contributed by atoms with Crippen LogP contribution in [0, 0.1) is 0 Å². The molecule has 3 aromatic rings. The first kappa shape index (κ1) is 17.5. The fraction of sp³-hybridized carbons (Fsp3) is 0.316. The molecule has 0 unspecified atom stereocenters. The topological polar surface area (TPSA) is 55.1 Å². The second kappa shape index (κ2) is 8.67. The van der Waals surface area contributed by atoms with Crippen LogP contribution < -0.4 is 4.90 Å². The summed E-state index contributed by atoms with van der Waals surface area (Å²) in [6.07, 6.45) is 2.69. The quantitative estimate of drug-likeness (QED) is 0.562. The zero-order valence-electron chi connectivity index (χ0n) is 14.6. The Kier molecular flexibility index (Phi) is 6.06. The normalized spacial score (nSPS) is 10.8. The largest absolute Gasteiger partial charge is 0.411 e. The maximum Gasteiger partial charge on any atom is 0.276 e. The van der Waals surface area contributed by atoms with Crippen LogP contribution in [0.5, 0.6) is 0 Å². The number of hydrogen-bond acceptors (Lipinski definition) is 6. The Balaban J connectivity index is 1.59. The van der Waals surface area contributed by atoms with Crippen LogP contribution in [0.4, 0.5) is 5.69 Å². The number of aromatic nitrogens is 3. The van der Waals surface area contributed by atoms with E-state index in [0.717, 1.165) is 36.5 Å². The van der Waals surface area contributed by atoms with Crippen molar-refractivity contribution in [3.05, 3.63) is 54.4 Å². The second-order valence-corrected chi connectivity index (χ2v) is 6.56. The first-order valence-corrected chi connectivity index (χ1v) is 9.50. The molecule has 0 atom stereocenters. The van der Waals surface area contributed by atoms with Crippen molar-refractivity contribution < 1.29 is 4.42 Å². The molecule has 25 heavy (non-hydrogen) atoms. The molecule has 0 saturated carbocycles. The minimum atomic E-state index is 0.562. The molecule has 130 valence electrons. The average Bonchev–Trinajstić information content (AvgIpc) is 3.13. The van der Waals surface area contributed by atoms with E-state index >= 15 is 0 Å². The highest BCUT2D eigenvalue weighted by Crippen LogP contribution is 2.25. The standard InChI is InChI=1S/C19H22N4OS/c1-3-23(4-2)17-10-8-15(9-11-17)18-21-22-19(24-18)25-14-12-16-7-5-6-13-20-16/h5-11,13H,3-4,12,14H2,1-2H3. The smallest absolute Gasteiger partial charge is 0.276 e. The van der Waals surface area contributed by atoms with Crippen LogP contribution >= 0.6 is 11.8 Å². The van der Waals surface area contributed by atoms with Crippen LogP contribution in [-0.4, -0.2) is 34.0 Å². The zero-order chi connectivity index (χ0) is 17.5. The van der Waals surface area contributed by atoms with Crippen molar-refractivity contribution in [2.45, 2.75) is 25.5 Å². The maximum atomic E-state index is 5.77. The van der Waals surface area contributed by atoms with Crippen LogP contribution in [-0.2, 0) is 6.42 Å². The number of benzene rings is 1. The molecule has 0 bridgehead atoms. The van der Waals surface area contributed by atoms with Crippen molar-refractivity contribution in [3.8, 4) is 11.5 Å². The van der Waals surface area contributed by atoms with Gasteiger partial charge in [0.05, 0.1) is 0 Å². The first-order chi connectivity index (χ1) is 12.3. The van der Waals surface area contributed by atoms with E-state index in [-0.39, 0.29) is 0 Å². The lowest BCUT2D eigenvalue weighted by molar-refractivity contribution is 0.466. The van der Waals surface area contributed by atoms with E-state index in [0.29, 0.717) is 11.1 Å². The van der Waals surface area contributed by atoms with Gasteiger partial charge in [0, 0.05) is 42.0 Å². The van der Waals surface area contributed by atoms with Crippen LogP contribution in [0.15, 0.2) is 58.3 Å². The highest BCUT2D eigenvalue weighted by molar-refractivity contribution is 7.99. The summed E-state index contributed by atoms with van der Waals surface area (Å²) in [6, 6.07) is 14.2. The number of anilines is 1. The zero-order valence-corrected chi connectivity index (χ0v) is 15.4. The van der Waals surface area contributed by atoms with Gasteiger partial charge in [-0.25, -0.2) is 0 Å². The van der Waals surface area contributed by atoms with Crippen LogP contribution in [0.1, 0.15) is 19.5 Å². The van der Waals surface area contributed by atoms with Crippen LogP contribution in [0.2, 0.25) is 0 Å². The molecular weight excluding hydrogens is 332 g/mol. The highest BCUT2D eigenvalue weighted by atomic mass is 32.2. The lowest BCUT2D eigenvalue weighted by Gasteiger charge is -2.20. The number of thioether (sulfide) groups is 1. The fourth-order valence-electron chi connectivity index (χ4n) is 2.58. The molecule has 3 rings (SSSR count). The van der Waals surface area contributed by atoms with E-state index in [1.807, 2.05) is 36.5 Å². The molecule has 0 saturated heterocycles. The predicted molar refractivity (Wildman–Crippen MR) is 102 cm³/mol. The highest BCUT2D eigenvalue weighted by Gasteiger charge is 2.10. The predicted octanol–water partition coefficient (Wildman–Crippen LogP) is 4.31.